The molecule has 0 spiro atoms. The number of anilines is 2. The molecule has 1 unspecified atom stereocenters. The van der Waals surface area contributed by atoms with Crippen molar-refractivity contribution >= 4 is 35.8 Å². The number of rotatable bonds is 6. The summed E-state index contributed by atoms with van der Waals surface area (Å²) in [4.78, 5) is 25.2. The van der Waals surface area contributed by atoms with E-state index in [9.17, 15) is 22.8 Å². The van der Waals surface area contributed by atoms with Crippen molar-refractivity contribution in [3.05, 3.63) is 89.5 Å². The first-order valence-electron chi connectivity index (χ1n) is 9.39. The highest BCUT2D eigenvalue weighted by molar-refractivity contribution is 7.81. The van der Waals surface area contributed by atoms with E-state index < -0.39 is 28.8 Å². The van der Waals surface area contributed by atoms with Gasteiger partial charge in [-0.1, -0.05) is 36.4 Å². The van der Waals surface area contributed by atoms with E-state index in [1.165, 1.54) is 37.4 Å². The third-order valence-electron chi connectivity index (χ3n) is 4.53. The Kier molecular flexibility index (Phi) is 7.09. The predicted octanol–water partition coefficient (Wildman–Crippen LogP) is 5.58. The van der Waals surface area contributed by atoms with Crippen molar-refractivity contribution in [2.75, 3.05) is 17.7 Å². The molecule has 2 amide bonds. The highest BCUT2D eigenvalue weighted by Gasteiger charge is 2.31. The Balaban J connectivity index is 1.80. The normalized spacial score (nSPS) is 12.0. The highest BCUT2D eigenvalue weighted by atomic mass is 32.1. The van der Waals surface area contributed by atoms with E-state index in [1.807, 2.05) is 6.07 Å². The van der Waals surface area contributed by atoms with Crippen LogP contribution in [0.15, 0.2) is 72.8 Å². The van der Waals surface area contributed by atoms with Gasteiger partial charge in [-0.05, 0) is 42.0 Å². The largest absolute Gasteiger partial charge is 0.495 e. The average molecular weight is 460 g/mol. The molecule has 0 aromatic heterocycles. The van der Waals surface area contributed by atoms with E-state index in [1.54, 1.807) is 24.3 Å². The molecule has 9 heteroatoms. The molecule has 0 aliphatic carbocycles. The van der Waals surface area contributed by atoms with Gasteiger partial charge in [-0.3, -0.25) is 9.59 Å². The molecule has 166 valence electrons. The molecule has 0 fully saturated rings. The average Bonchev–Trinajstić information content (AvgIpc) is 2.78. The van der Waals surface area contributed by atoms with E-state index in [-0.39, 0.29) is 22.6 Å². The van der Waals surface area contributed by atoms with Crippen LogP contribution in [0.25, 0.3) is 0 Å². The van der Waals surface area contributed by atoms with Crippen LogP contribution in [-0.4, -0.2) is 18.9 Å². The molecule has 32 heavy (non-hydrogen) atoms. The van der Waals surface area contributed by atoms with Gasteiger partial charge < -0.3 is 15.4 Å². The quantitative estimate of drug-likeness (QED) is 0.421. The lowest BCUT2D eigenvalue weighted by molar-refractivity contribution is -0.137. The first-order valence-corrected chi connectivity index (χ1v) is 9.91. The third kappa shape index (κ3) is 5.61. The summed E-state index contributed by atoms with van der Waals surface area (Å²) in [5.41, 5.74) is 0.236. The van der Waals surface area contributed by atoms with E-state index >= 15 is 0 Å². The molecule has 3 aromatic rings. The molecule has 0 saturated carbocycles. The van der Waals surface area contributed by atoms with Crippen LogP contribution < -0.4 is 15.4 Å². The first kappa shape index (κ1) is 23.2. The van der Waals surface area contributed by atoms with E-state index in [2.05, 4.69) is 23.3 Å². The minimum Gasteiger partial charge on any atom is -0.495 e. The lowest BCUT2D eigenvalue weighted by atomic mass is 10.1. The van der Waals surface area contributed by atoms with Gasteiger partial charge in [0.1, 0.15) is 11.0 Å². The molecule has 0 bridgehead atoms. The topological polar surface area (TPSA) is 67.4 Å². The van der Waals surface area contributed by atoms with Gasteiger partial charge in [0.15, 0.2) is 0 Å². The SMILES string of the molecule is COc1ccc(C(=O)Nc2ccccc2)cc1NC(=O)C(S)c1cccc(C(F)(F)F)c1. The van der Waals surface area contributed by atoms with Crippen molar-refractivity contribution < 1.29 is 27.5 Å². The molecular weight excluding hydrogens is 441 g/mol. The summed E-state index contributed by atoms with van der Waals surface area (Å²) >= 11 is 4.18. The second-order valence-electron chi connectivity index (χ2n) is 6.75. The Hall–Kier alpha value is -3.46. The standard InChI is InChI=1S/C23H19F3N2O3S/c1-31-19-11-10-15(21(29)27-17-8-3-2-4-9-17)13-18(19)28-22(30)20(32)14-6-5-7-16(12-14)23(24,25)26/h2-13,20,32H,1H3,(H,27,29)(H,28,30). The highest BCUT2D eigenvalue weighted by Crippen LogP contribution is 2.33. The zero-order valence-electron chi connectivity index (χ0n) is 16.8. The molecule has 0 heterocycles. The van der Waals surface area contributed by atoms with Gasteiger partial charge in [0.2, 0.25) is 5.91 Å². The molecule has 0 radical (unpaired) electrons. The van der Waals surface area contributed by atoms with Crippen molar-refractivity contribution in [3.8, 4) is 5.75 Å². The van der Waals surface area contributed by atoms with Crippen molar-refractivity contribution in [2.45, 2.75) is 11.4 Å². The zero-order chi connectivity index (χ0) is 23.3. The number of nitrogens with one attached hydrogen (secondary N) is 2. The van der Waals surface area contributed by atoms with Gasteiger partial charge in [-0.25, -0.2) is 0 Å². The Morgan fingerprint density at radius 2 is 1.66 bits per heavy atom. The van der Waals surface area contributed by atoms with E-state index in [0.717, 1.165) is 12.1 Å². The van der Waals surface area contributed by atoms with Crippen LogP contribution in [0.5, 0.6) is 5.75 Å². The van der Waals surface area contributed by atoms with Gasteiger partial charge in [0, 0.05) is 11.3 Å². The van der Waals surface area contributed by atoms with Crippen LogP contribution in [0.4, 0.5) is 24.5 Å². The lowest BCUT2D eigenvalue weighted by Gasteiger charge is -2.16. The van der Waals surface area contributed by atoms with Gasteiger partial charge in [0.25, 0.3) is 5.91 Å². The number of ether oxygens (including phenoxy) is 1. The molecule has 5 nitrogen and oxygen atoms in total. The Morgan fingerprint density at radius 1 is 0.938 bits per heavy atom. The van der Waals surface area contributed by atoms with Crippen molar-refractivity contribution in [1.82, 2.24) is 0 Å². The number of benzene rings is 3. The van der Waals surface area contributed by atoms with Crippen LogP contribution in [0.3, 0.4) is 0 Å². The van der Waals surface area contributed by atoms with Gasteiger partial charge in [0.05, 0.1) is 18.4 Å². The van der Waals surface area contributed by atoms with Crippen molar-refractivity contribution in [2.24, 2.45) is 0 Å². The predicted molar refractivity (Wildman–Crippen MR) is 119 cm³/mol. The molecule has 0 aliphatic rings. The molecule has 0 aliphatic heterocycles. The minimum absolute atomic E-state index is 0.0811. The Morgan fingerprint density at radius 3 is 2.31 bits per heavy atom. The molecule has 2 N–H and O–H groups in total. The number of para-hydroxylation sites is 1. The monoisotopic (exact) mass is 460 g/mol. The van der Waals surface area contributed by atoms with Crippen LogP contribution in [0.2, 0.25) is 0 Å². The number of carbonyl (C=O) groups excluding carboxylic acids is 2. The van der Waals surface area contributed by atoms with Gasteiger partial charge in [-0.2, -0.15) is 25.8 Å². The fourth-order valence-corrected chi connectivity index (χ4v) is 3.13. The molecule has 3 rings (SSSR count). The maximum Gasteiger partial charge on any atom is 0.416 e. The molecule has 0 saturated heterocycles. The second-order valence-corrected chi connectivity index (χ2v) is 7.27. The number of hydrogen-bond donors (Lipinski definition) is 3. The number of amides is 2. The van der Waals surface area contributed by atoms with Crippen LogP contribution >= 0.6 is 12.6 Å². The summed E-state index contributed by atoms with van der Waals surface area (Å²) in [6.07, 6.45) is -4.54. The van der Waals surface area contributed by atoms with E-state index in [0.29, 0.717) is 5.69 Å². The summed E-state index contributed by atoms with van der Waals surface area (Å²) in [5, 5.41) is 4.13. The van der Waals surface area contributed by atoms with Crippen molar-refractivity contribution in [1.29, 1.82) is 0 Å². The van der Waals surface area contributed by atoms with Crippen LogP contribution in [0, 0.1) is 0 Å². The summed E-state index contributed by atoms with van der Waals surface area (Å²) in [6.45, 7) is 0. The summed E-state index contributed by atoms with van der Waals surface area (Å²) in [6, 6.07) is 17.7. The maximum absolute atomic E-state index is 13.0. The summed E-state index contributed by atoms with van der Waals surface area (Å²) in [7, 11) is 1.39. The Labute approximate surface area is 188 Å². The third-order valence-corrected chi connectivity index (χ3v) is 5.06. The molecule has 3 aromatic carbocycles. The maximum atomic E-state index is 13.0. The first-order chi connectivity index (χ1) is 15.2. The lowest BCUT2D eigenvalue weighted by Crippen LogP contribution is -2.19. The molecule has 1 atom stereocenters. The number of hydrogen-bond acceptors (Lipinski definition) is 4. The number of carbonyl (C=O) groups is 2. The fraction of sp³-hybridized carbons (Fsp3) is 0.130. The Bertz CT molecular complexity index is 1120. The van der Waals surface area contributed by atoms with E-state index in [4.69, 9.17) is 4.74 Å². The molecular formula is C23H19F3N2O3S. The van der Waals surface area contributed by atoms with Gasteiger partial charge >= 0.3 is 6.18 Å². The number of halogens is 3. The second kappa shape index (κ2) is 9.78. The summed E-state index contributed by atoms with van der Waals surface area (Å²) < 4.78 is 44.2. The number of thiol groups is 1. The zero-order valence-corrected chi connectivity index (χ0v) is 17.7. The fourth-order valence-electron chi connectivity index (χ4n) is 2.91. The summed E-state index contributed by atoms with van der Waals surface area (Å²) in [5.74, 6) is -0.805. The number of methoxy groups -OCH3 is 1. The van der Waals surface area contributed by atoms with Crippen LogP contribution in [-0.2, 0) is 11.0 Å². The van der Waals surface area contributed by atoms with Crippen LogP contribution in [0.1, 0.15) is 26.7 Å². The number of alkyl halides is 3. The van der Waals surface area contributed by atoms with Gasteiger partial charge in [-0.15, -0.1) is 0 Å². The van der Waals surface area contributed by atoms with Crippen molar-refractivity contribution in [3.63, 3.8) is 0 Å². The minimum atomic E-state index is -4.54. The smallest absolute Gasteiger partial charge is 0.416 e.